The van der Waals surface area contributed by atoms with Crippen molar-refractivity contribution < 1.29 is 14.6 Å². The highest BCUT2D eigenvalue weighted by Gasteiger charge is 2.43. The zero-order valence-corrected chi connectivity index (χ0v) is 11.5. The van der Waals surface area contributed by atoms with E-state index < -0.39 is 6.09 Å². The standard InChI is InChI=1S/C14H24N2O3/c17-13(18)16-5-3-14(4-6-16)2-1-12(11-14)15-7-9-19-10-8-15/h12H,1-11H2,(H,17,18). The Morgan fingerprint density at radius 2 is 1.79 bits per heavy atom. The normalized spacial score (nSPS) is 31.8. The molecule has 3 aliphatic rings. The van der Waals surface area contributed by atoms with Crippen molar-refractivity contribution >= 4 is 6.09 Å². The van der Waals surface area contributed by atoms with Gasteiger partial charge in [0.2, 0.25) is 0 Å². The fraction of sp³-hybridized carbons (Fsp3) is 0.929. The molecule has 1 atom stereocenters. The second kappa shape index (κ2) is 5.29. The first-order valence-electron chi connectivity index (χ1n) is 7.48. The number of hydrogen-bond acceptors (Lipinski definition) is 3. The highest BCUT2D eigenvalue weighted by Crippen LogP contribution is 2.47. The van der Waals surface area contributed by atoms with Gasteiger partial charge in [-0.2, -0.15) is 0 Å². The van der Waals surface area contributed by atoms with Crippen molar-refractivity contribution in [3.63, 3.8) is 0 Å². The maximum absolute atomic E-state index is 11.0. The predicted octanol–water partition coefficient (Wildman–Crippen LogP) is 1.63. The maximum atomic E-state index is 11.0. The van der Waals surface area contributed by atoms with Crippen LogP contribution in [0.2, 0.25) is 0 Å². The van der Waals surface area contributed by atoms with E-state index in [2.05, 4.69) is 4.90 Å². The molecule has 1 aliphatic carbocycles. The van der Waals surface area contributed by atoms with Gasteiger partial charge in [0.25, 0.3) is 0 Å². The Hall–Kier alpha value is -0.810. The van der Waals surface area contributed by atoms with E-state index in [-0.39, 0.29) is 0 Å². The smallest absolute Gasteiger partial charge is 0.407 e. The Labute approximate surface area is 114 Å². The van der Waals surface area contributed by atoms with Gasteiger partial charge in [-0.15, -0.1) is 0 Å². The molecule has 3 fully saturated rings. The van der Waals surface area contributed by atoms with Gasteiger partial charge in [0.15, 0.2) is 0 Å². The molecule has 2 heterocycles. The van der Waals surface area contributed by atoms with E-state index in [1.54, 1.807) is 4.90 Å². The minimum atomic E-state index is -0.752. The Balaban J connectivity index is 1.55. The van der Waals surface area contributed by atoms with Gasteiger partial charge in [-0.05, 0) is 37.5 Å². The van der Waals surface area contributed by atoms with Gasteiger partial charge in [-0.25, -0.2) is 4.79 Å². The van der Waals surface area contributed by atoms with Crippen molar-refractivity contribution in [1.29, 1.82) is 0 Å². The zero-order chi connectivity index (χ0) is 13.3. The van der Waals surface area contributed by atoms with Crippen LogP contribution in [0.15, 0.2) is 0 Å². The Morgan fingerprint density at radius 1 is 1.11 bits per heavy atom. The van der Waals surface area contributed by atoms with E-state index >= 15 is 0 Å². The van der Waals surface area contributed by atoms with Crippen LogP contribution in [-0.2, 0) is 4.74 Å². The highest BCUT2D eigenvalue weighted by molar-refractivity contribution is 5.65. The average molecular weight is 268 g/mol. The number of hydrogen-bond donors (Lipinski definition) is 1. The lowest BCUT2D eigenvalue weighted by Crippen LogP contribution is -2.45. The summed E-state index contributed by atoms with van der Waals surface area (Å²) in [6, 6.07) is 0.709. The SMILES string of the molecule is O=C(O)N1CCC2(CCC(N3CCOCC3)C2)CC1. The number of piperidine rings is 1. The minimum absolute atomic E-state index is 0.426. The Morgan fingerprint density at radius 3 is 2.42 bits per heavy atom. The molecule has 1 unspecified atom stereocenters. The molecule has 1 spiro atoms. The molecule has 0 aromatic heterocycles. The van der Waals surface area contributed by atoms with Gasteiger partial charge in [0, 0.05) is 32.2 Å². The van der Waals surface area contributed by atoms with Crippen molar-refractivity contribution in [2.24, 2.45) is 5.41 Å². The van der Waals surface area contributed by atoms with Crippen LogP contribution in [0.5, 0.6) is 0 Å². The molecule has 2 aliphatic heterocycles. The van der Waals surface area contributed by atoms with Crippen LogP contribution in [0.3, 0.4) is 0 Å². The molecular weight excluding hydrogens is 244 g/mol. The topological polar surface area (TPSA) is 53.0 Å². The van der Waals surface area contributed by atoms with E-state index in [1.807, 2.05) is 0 Å². The summed E-state index contributed by atoms with van der Waals surface area (Å²) in [6.07, 6.45) is 5.19. The van der Waals surface area contributed by atoms with Crippen LogP contribution in [0, 0.1) is 5.41 Å². The number of nitrogens with zero attached hydrogens (tertiary/aromatic N) is 2. The molecule has 19 heavy (non-hydrogen) atoms. The summed E-state index contributed by atoms with van der Waals surface area (Å²) in [6.45, 7) is 5.34. The van der Waals surface area contributed by atoms with Gasteiger partial charge >= 0.3 is 6.09 Å². The van der Waals surface area contributed by atoms with E-state index in [0.29, 0.717) is 11.5 Å². The minimum Gasteiger partial charge on any atom is -0.465 e. The van der Waals surface area contributed by atoms with Gasteiger partial charge in [0.1, 0.15) is 0 Å². The van der Waals surface area contributed by atoms with E-state index in [1.165, 1.54) is 19.3 Å². The summed E-state index contributed by atoms with van der Waals surface area (Å²) in [5, 5.41) is 9.03. The van der Waals surface area contributed by atoms with Gasteiger partial charge in [0.05, 0.1) is 13.2 Å². The highest BCUT2D eigenvalue weighted by atomic mass is 16.5. The summed E-state index contributed by atoms with van der Waals surface area (Å²) in [7, 11) is 0. The van der Waals surface area contributed by atoms with Crippen LogP contribution < -0.4 is 0 Å². The average Bonchev–Trinajstić information content (AvgIpc) is 2.84. The third-order valence-electron chi connectivity index (χ3n) is 5.33. The molecule has 108 valence electrons. The lowest BCUT2D eigenvalue weighted by Gasteiger charge is -2.39. The first kappa shape index (κ1) is 13.2. The molecule has 0 aromatic rings. The van der Waals surface area contributed by atoms with Crippen molar-refractivity contribution in [2.75, 3.05) is 39.4 Å². The predicted molar refractivity (Wildman–Crippen MR) is 71.3 cm³/mol. The molecule has 0 aromatic carbocycles. The van der Waals surface area contributed by atoms with Gasteiger partial charge in [-0.3, -0.25) is 4.90 Å². The summed E-state index contributed by atoms with van der Waals surface area (Å²) in [4.78, 5) is 15.1. The van der Waals surface area contributed by atoms with Gasteiger partial charge in [-0.1, -0.05) is 0 Å². The van der Waals surface area contributed by atoms with Crippen LogP contribution >= 0.6 is 0 Å². The van der Waals surface area contributed by atoms with E-state index in [0.717, 1.165) is 52.2 Å². The summed E-state index contributed by atoms with van der Waals surface area (Å²) >= 11 is 0. The van der Waals surface area contributed by atoms with Crippen molar-refractivity contribution in [2.45, 2.75) is 38.1 Å². The lowest BCUT2D eigenvalue weighted by molar-refractivity contribution is 0.0127. The summed E-state index contributed by atoms with van der Waals surface area (Å²) in [5.41, 5.74) is 0.426. The quantitative estimate of drug-likeness (QED) is 0.785. The molecule has 1 N–H and O–H groups in total. The zero-order valence-electron chi connectivity index (χ0n) is 11.5. The van der Waals surface area contributed by atoms with E-state index in [4.69, 9.17) is 9.84 Å². The molecule has 2 saturated heterocycles. The molecule has 3 rings (SSSR count). The number of carboxylic acid groups (broad SMARTS) is 1. The first-order chi connectivity index (χ1) is 9.19. The van der Waals surface area contributed by atoms with Crippen molar-refractivity contribution in [3.05, 3.63) is 0 Å². The number of ether oxygens (including phenoxy) is 1. The number of carbonyl (C=O) groups is 1. The van der Waals surface area contributed by atoms with Crippen molar-refractivity contribution in [3.8, 4) is 0 Å². The Bertz CT molecular complexity index is 334. The third-order valence-corrected chi connectivity index (χ3v) is 5.33. The number of rotatable bonds is 1. The fourth-order valence-corrected chi connectivity index (χ4v) is 4.06. The van der Waals surface area contributed by atoms with Crippen LogP contribution in [0.4, 0.5) is 4.79 Å². The largest absolute Gasteiger partial charge is 0.465 e. The molecule has 1 amide bonds. The molecule has 0 bridgehead atoms. The summed E-state index contributed by atoms with van der Waals surface area (Å²) < 4.78 is 5.42. The maximum Gasteiger partial charge on any atom is 0.407 e. The molecule has 0 radical (unpaired) electrons. The van der Waals surface area contributed by atoms with E-state index in [9.17, 15) is 4.79 Å². The van der Waals surface area contributed by atoms with Gasteiger partial charge < -0.3 is 14.7 Å². The lowest BCUT2D eigenvalue weighted by atomic mass is 9.77. The Kier molecular flexibility index (Phi) is 3.67. The molecule has 1 saturated carbocycles. The second-order valence-corrected chi connectivity index (χ2v) is 6.31. The molecule has 5 heteroatoms. The third kappa shape index (κ3) is 2.72. The number of likely N-dealkylation sites (tertiary alicyclic amines) is 1. The monoisotopic (exact) mass is 268 g/mol. The molecule has 5 nitrogen and oxygen atoms in total. The molecular formula is C14H24N2O3. The number of amides is 1. The van der Waals surface area contributed by atoms with Crippen LogP contribution in [0.1, 0.15) is 32.1 Å². The number of morpholine rings is 1. The first-order valence-corrected chi connectivity index (χ1v) is 7.48. The fourth-order valence-electron chi connectivity index (χ4n) is 4.06. The van der Waals surface area contributed by atoms with Crippen LogP contribution in [0.25, 0.3) is 0 Å². The van der Waals surface area contributed by atoms with Crippen molar-refractivity contribution in [1.82, 2.24) is 9.80 Å². The second-order valence-electron chi connectivity index (χ2n) is 6.31. The summed E-state index contributed by atoms with van der Waals surface area (Å²) in [5.74, 6) is 0. The van der Waals surface area contributed by atoms with Crippen LogP contribution in [-0.4, -0.2) is 66.4 Å².